The lowest BCUT2D eigenvalue weighted by molar-refractivity contribution is -0.0525. The predicted molar refractivity (Wildman–Crippen MR) is 126 cm³/mol. The van der Waals surface area contributed by atoms with Crippen LogP contribution in [0.15, 0.2) is 48.9 Å². The number of hydrogen-bond acceptors (Lipinski definition) is 6. The monoisotopic (exact) mass is 522 g/mol. The van der Waals surface area contributed by atoms with E-state index in [1.165, 1.54) is 29.1 Å². The van der Waals surface area contributed by atoms with Gasteiger partial charge in [-0.15, -0.1) is 0 Å². The van der Waals surface area contributed by atoms with Gasteiger partial charge in [0, 0.05) is 30.2 Å². The first-order valence-electron chi connectivity index (χ1n) is 10.6. The van der Waals surface area contributed by atoms with Crippen LogP contribution in [0.5, 0.6) is 5.75 Å². The minimum absolute atomic E-state index is 0.151. The number of nitrogens with one attached hydrogen (secondary N) is 2. The van der Waals surface area contributed by atoms with Gasteiger partial charge in [0.15, 0.2) is 23.0 Å². The number of nitrogens with zero attached hydrogens (tertiary/aromatic N) is 3. The maximum atomic E-state index is 14.7. The second-order valence-corrected chi connectivity index (χ2v) is 7.86. The Balaban J connectivity index is 1.61. The maximum absolute atomic E-state index is 14.7. The fourth-order valence-corrected chi connectivity index (χ4v) is 3.70. The van der Waals surface area contributed by atoms with E-state index in [-0.39, 0.29) is 39.2 Å². The fraction of sp³-hybridized carbons (Fsp3) is 0.174. The fourth-order valence-electron chi connectivity index (χ4n) is 3.44. The lowest BCUT2D eigenvalue weighted by Crippen LogP contribution is -2.26. The number of rotatable bonds is 9. The number of aromatic nitrogens is 3. The Morgan fingerprint density at radius 3 is 2.69 bits per heavy atom. The van der Waals surface area contributed by atoms with Crippen LogP contribution in [0.1, 0.15) is 16.8 Å². The number of amides is 1. The molecule has 4 aromatic rings. The minimum Gasteiger partial charge on any atom is -0.432 e. The molecule has 4 N–H and O–H groups in total. The van der Waals surface area contributed by atoms with Crippen LogP contribution in [0.25, 0.3) is 16.9 Å². The van der Waals surface area contributed by atoms with Gasteiger partial charge in [0.05, 0.1) is 22.5 Å². The molecule has 0 bridgehead atoms. The minimum atomic E-state index is -3.30. The summed E-state index contributed by atoms with van der Waals surface area (Å²) in [6.07, 6.45) is 4.81. The van der Waals surface area contributed by atoms with Gasteiger partial charge in [-0.25, -0.2) is 14.4 Å². The molecule has 1 amide bonds. The van der Waals surface area contributed by atoms with Crippen molar-refractivity contribution >= 4 is 34.7 Å². The highest BCUT2D eigenvalue weighted by atomic mass is 35.5. The summed E-state index contributed by atoms with van der Waals surface area (Å²) in [5, 5.41) is 5.95. The Morgan fingerprint density at radius 1 is 1.17 bits per heavy atom. The third-order valence-electron chi connectivity index (χ3n) is 5.11. The summed E-state index contributed by atoms with van der Waals surface area (Å²) < 4.78 is 59.2. The summed E-state index contributed by atoms with van der Waals surface area (Å²) >= 11 is 6.28. The second-order valence-electron chi connectivity index (χ2n) is 7.45. The van der Waals surface area contributed by atoms with E-state index >= 15 is 0 Å². The van der Waals surface area contributed by atoms with E-state index in [4.69, 9.17) is 17.3 Å². The summed E-state index contributed by atoms with van der Waals surface area (Å²) in [7, 11) is 0. The van der Waals surface area contributed by atoms with E-state index in [9.17, 15) is 22.4 Å². The Morgan fingerprint density at radius 2 is 1.97 bits per heavy atom. The molecule has 8 nitrogen and oxygen atoms in total. The third kappa shape index (κ3) is 5.19. The first-order chi connectivity index (χ1) is 17.3. The van der Waals surface area contributed by atoms with Gasteiger partial charge >= 0.3 is 6.61 Å². The summed E-state index contributed by atoms with van der Waals surface area (Å²) in [5.74, 6) is -3.89. The molecule has 4 rings (SSSR count). The summed E-state index contributed by atoms with van der Waals surface area (Å²) in [6.45, 7) is -2.43. The van der Waals surface area contributed by atoms with Crippen molar-refractivity contribution in [3.8, 4) is 17.0 Å². The number of fused-ring (bicyclic) bond motifs is 1. The highest BCUT2D eigenvalue weighted by molar-refractivity contribution is 6.34. The van der Waals surface area contributed by atoms with E-state index in [1.807, 2.05) is 0 Å². The van der Waals surface area contributed by atoms with Crippen LogP contribution in [0.3, 0.4) is 0 Å². The van der Waals surface area contributed by atoms with Crippen molar-refractivity contribution in [2.75, 3.05) is 18.4 Å². The number of carbonyl (C=O) groups is 1. The quantitative estimate of drug-likeness (QED) is 0.216. The molecule has 0 fully saturated rings. The van der Waals surface area contributed by atoms with Crippen LogP contribution in [0.4, 0.5) is 29.1 Å². The summed E-state index contributed by atoms with van der Waals surface area (Å²) in [4.78, 5) is 20.7. The Kier molecular flexibility index (Phi) is 7.55. The molecule has 0 aliphatic carbocycles. The Bertz CT molecular complexity index is 1420. The Labute approximate surface area is 207 Å². The smallest absolute Gasteiger partial charge is 0.387 e. The SMILES string of the molecule is NCCCNC(=O)c1ccc(Nc2nccn3c(-c4ccc(OC(F)F)c(F)c4F)cnc23)cc1Cl. The molecule has 0 radical (unpaired) electrons. The second kappa shape index (κ2) is 10.8. The standard InChI is InChI=1S/C23H19ClF4N6O2/c24-15-10-12(2-3-13(15)22(35)31-7-1-6-29)33-20-21-32-11-16(34(21)9-8-30-20)14-4-5-17(36-23(27)28)19(26)18(14)25/h2-5,8-11,23H,1,6-7,29H2,(H,30,33)(H,31,35). The molecule has 2 heterocycles. The number of alkyl halides is 2. The number of imidazole rings is 1. The van der Waals surface area contributed by atoms with Crippen LogP contribution in [0, 0.1) is 11.6 Å². The van der Waals surface area contributed by atoms with Gasteiger partial charge in [0.25, 0.3) is 5.91 Å². The molecule has 0 unspecified atom stereocenters. The summed E-state index contributed by atoms with van der Waals surface area (Å²) in [6, 6.07) is 6.72. The number of nitrogens with two attached hydrogens (primary N) is 1. The molecule has 0 atom stereocenters. The van der Waals surface area contributed by atoms with Crippen LogP contribution in [-0.2, 0) is 0 Å². The number of hydrogen-bond donors (Lipinski definition) is 3. The van der Waals surface area contributed by atoms with Crippen LogP contribution in [0.2, 0.25) is 5.02 Å². The van der Waals surface area contributed by atoms with Gasteiger partial charge in [-0.1, -0.05) is 11.6 Å². The third-order valence-corrected chi connectivity index (χ3v) is 5.42. The lowest BCUT2D eigenvalue weighted by atomic mass is 10.1. The molecule has 188 valence electrons. The van der Waals surface area contributed by atoms with Crippen molar-refractivity contribution < 1.29 is 27.1 Å². The maximum Gasteiger partial charge on any atom is 0.387 e. The van der Waals surface area contributed by atoms with Gasteiger partial charge in [0.2, 0.25) is 5.82 Å². The molecular weight excluding hydrogens is 504 g/mol. The van der Waals surface area contributed by atoms with E-state index in [0.717, 1.165) is 12.1 Å². The molecule has 13 heteroatoms. The average Bonchev–Trinajstić information content (AvgIpc) is 3.27. The van der Waals surface area contributed by atoms with E-state index in [1.54, 1.807) is 12.1 Å². The largest absolute Gasteiger partial charge is 0.432 e. The molecule has 0 spiro atoms. The molecule has 0 aliphatic heterocycles. The van der Waals surface area contributed by atoms with Crippen molar-refractivity contribution in [1.29, 1.82) is 0 Å². The molecule has 0 saturated carbocycles. The van der Waals surface area contributed by atoms with Crippen molar-refractivity contribution in [2.24, 2.45) is 5.73 Å². The van der Waals surface area contributed by atoms with E-state index in [2.05, 4.69) is 25.3 Å². The normalized spacial score (nSPS) is 11.2. The predicted octanol–water partition coefficient (Wildman–Crippen LogP) is 4.75. The number of ether oxygens (including phenoxy) is 1. The van der Waals surface area contributed by atoms with E-state index < -0.39 is 24.0 Å². The highest BCUT2D eigenvalue weighted by Gasteiger charge is 2.21. The molecule has 0 saturated heterocycles. The van der Waals surface area contributed by atoms with Gasteiger partial charge in [0.1, 0.15) is 0 Å². The molecule has 2 aromatic carbocycles. The van der Waals surface area contributed by atoms with Gasteiger partial charge in [-0.3, -0.25) is 9.20 Å². The zero-order valence-electron chi connectivity index (χ0n) is 18.4. The zero-order chi connectivity index (χ0) is 25.8. The van der Waals surface area contributed by atoms with Gasteiger partial charge in [-0.05, 0) is 43.3 Å². The Hall–Kier alpha value is -3.90. The molecule has 0 aliphatic rings. The van der Waals surface area contributed by atoms with Gasteiger partial charge < -0.3 is 21.1 Å². The van der Waals surface area contributed by atoms with Crippen molar-refractivity contribution in [3.63, 3.8) is 0 Å². The average molecular weight is 523 g/mol. The number of benzene rings is 2. The molecular formula is C23H19ClF4N6O2. The lowest BCUT2D eigenvalue weighted by Gasteiger charge is -2.11. The first-order valence-corrected chi connectivity index (χ1v) is 11.0. The van der Waals surface area contributed by atoms with Crippen molar-refractivity contribution in [1.82, 2.24) is 19.7 Å². The van der Waals surface area contributed by atoms with E-state index in [0.29, 0.717) is 25.2 Å². The molecule has 2 aromatic heterocycles. The number of anilines is 2. The zero-order valence-corrected chi connectivity index (χ0v) is 19.2. The van der Waals surface area contributed by atoms with Crippen LogP contribution >= 0.6 is 11.6 Å². The number of halogens is 5. The van der Waals surface area contributed by atoms with Crippen LogP contribution in [-0.4, -0.2) is 40.0 Å². The highest BCUT2D eigenvalue weighted by Crippen LogP contribution is 2.32. The van der Waals surface area contributed by atoms with Crippen molar-refractivity contribution in [2.45, 2.75) is 13.0 Å². The topological polar surface area (TPSA) is 107 Å². The molecule has 36 heavy (non-hydrogen) atoms. The van der Waals surface area contributed by atoms with Gasteiger partial charge in [-0.2, -0.15) is 13.2 Å². The van der Waals surface area contributed by atoms with Crippen LogP contribution < -0.4 is 21.1 Å². The summed E-state index contributed by atoms with van der Waals surface area (Å²) in [5.41, 5.74) is 6.40. The number of carbonyl (C=O) groups excluding carboxylic acids is 1. The van der Waals surface area contributed by atoms with Crippen molar-refractivity contribution in [3.05, 3.63) is 71.1 Å². The first kappa shape index (κ1) is 25.2.